The summed E-state index contributed by atoms with van der Waals surface area (Å²) in [7, 11) is 0. The zero-order valence-electron chi connectivity index (χ0n) is 11.1. The average molecular weight is 313 g/mol. The predicted octanol–water partition coefficient (Wildman–Crippen LogP) is 2.47. The molecule has 18 heavy (non-hydrogen) atoms. The first kappa shape index (κ1) is 13.8. The lowest BCUT2D eigenvalue weighted by atomic mass is 10.2. The SMILES string of the molecule is CC(C)N1CCN(c2ccc(CO)cc2Br)CC1. The second kappa shape index (κ2) is 6.04. The smallest absolute Gasteiger partial charge is 0.0682 e. The van der Waals surface area contributed by atoms with E-state index in [2.05, 4.69) is 45.6 Å². The number of rotatable bonds is 3. The molecule has 0 saturated carbocycles. The maximum atomic E-state index is 9.12. The van der Waals surface area contributed by atoms with Gasteiger partial charge in [0.05, 0.1) is 12.3 Å². The summed E-state index contributed by atoms with van der Waals surface area (Å²) in [4.78, 5) is 4.91. The number of hydrogen-bond donors (Lipinski definition) is 1. The highest BCUT2D eigenvalue weighted by atomic mass is 79.9. The Balaban J connectivity index is 2.05. The molecule has 1 aliphatic rings. The quantitative estimate of drug-likeness (QED) is 0.929. The van der Waals surface area contributed by atoms with Crippen molar-refractivity contribution in [3.63, 3.8) is 0 Å². The number of nitrogens with zero attached hydrogens (tertiary/aromatic N) is 2. The molecule has 0 amide bonds. The van der Waals surface area contributed by atoms with E-state index in [1.54, 1.807) is 0 Å². The van der Waals surface area contributed by atoms with Crippen LogP contribution in [0.5, 0.6) is 0 Å². The molecule has 2 rings (SSSR count). The molecule has 1 N–H and O–H groups in total. The van der Waals surface area contributed by atoms with Gasteiger partial charge in [0, 0.05) is 36.7 Å². The number of hydrogen-bond acceptors (Lipinski definition) is 3. The van der Waals surface area contributed by atoms with Crippen LogP contribution in [0.4, 0.5) is 5.69 Å². The summed E-state index contributed by atoms with van der Waals surface area (Å²) in [6.45, 7) is 8.96. The third kappa shape index (κ3) is 3.05. The van der Waals surface area contributed by atoms with Crippen LogP contribution in [0.1, 0.15) is 19.4 Å². The highest BCUT2D eigenvalue weighted by Crippen LogP contribution is 2.28. The van der Waals surface area contributed by atoms with Gasteiger partial charge in [-0.2, -0.15) is 0 Å². The number of halogens is 1. The van der Waals surface area contributed by atoms with E-state index < -0.39 is 0 Å². The maximum Gasteiger partial charge on any atom is 0.0682 e. The molecule has 3 nitrogen and oxygen atoms in total. The van der Waals surface area contributed by atoms with Crippen molar-refractivity contribution >= 4 is 21.6 Å². The third-order valence-corrected chi connectivity index (χ3v) is 4.22. The number of aliphatic hydroxyl groups excluding tert-OH is 1. The highest BCUT2D eigenvalue weighted by Gasteiger charge is 2.20. The highest BCUT2D eigenvalue weighted by molar-refractivity contribution is 9.10. The van der Waals surface area contributed by atoms with Crippen molar-refractivity contribution in [2.75, 3.05) is 31.1 Å². The van der Waals surface area contributed by atoms with Crippen molar-refractivity contribution in [1.82, 2.24) is 4.90 Å². The Kier molecular flexibility index (Phi) is 4.65. The third-order valence-electron chi connectivity index (χ3n) is 3.58. The van der Waals surface area contributed by atoms with Crippen molar-refractivity contribution in [3.8, 4) is 0 Å². The monoisotopic (exact) mass is 312 g/mol. The average Bonchev–Trinajstić information content (AvgIpc) is 2.38. The van der Waals surface area contributed by atoms with Crippen molar-refractivity contribution in [3.05, 3.63) is 28.2 Å². The van der Waals surface area contributed by atoms with Crippen molar-refractivity contribution in [2.45, 2.75) is 26.5 Å². The first-order valence-corrected chi connectivity index (χ1v) is 7.29. The van der Waals surface area contributed by atoms with Crippen LogP contribution in [0, 0.1) is 0 Å². The van der Waals surface area contributed by atoms with Crippen LogP contribution in [0.15, 0.2) is 22.7 Å². The molecule has 1 aliphatic heterocycles. The minimum atomic E-state index is 0.0972. The van der Waals surface area contributed by atoms with Gasteiger partial charge in [-0.3, -0.25) is 4.90 Å². The molecule has 0 spiro atoms. The Labute approximate surface area is 118 Å². The van der Waals surface area contributed by atoms with Crippen LogP contribution in [0.2, 0.25) is 0 Å². The lowest BCUT2D eigenvalue weighted by molar-refractivity contribution is 0.209. The minimum absolute atomic E-state index is 0.0972. The van der Waals surface area contributed by atoms with Gasteiger partial charge in [-0.1, -0.05) is 6.07 Å². The molecule has 4 heteroatoms. The van der Waals surface area contributed by atoms with E-state index in [-0.39, 0.29) is 6.61 Å². The molecule has 0 atom stereocenters. The predicted molar refractivity (Wildman–Crippen MR) is 79.0 cm³/mol. The van der Waals surface area contributed by atoms with Gasteiger partial charge in [-0.15, -0.1) is 0 Å². The number of piperazine rings is 1. The maximum absolute atomic E-state index is 9.12. The molecular formula is C14H21BrN2O. The van der Waals surface area contributed by atoms with Crippen molar-refractivity contribution < 1.29 is 5.11 Å². The standard InChI is InChI=1S/C14H21BrN2O/c1-11(2)16-5-7-17(8-6-16)14-4-3-12(10-18)9-13(14)15/h3-4,9,11,18H,5-8,10H2,1-2H3. The lowest BCUT2D eigenvalue weighted by Crippen LogP contribution is -2.49. The molecule has 1 heterocycles. The van der Waals surface area contributed by atoms with Gasteiger partial charge in [0.25, 0.3) is 0 Å². The topological polar surface area (TPSA) is 26.7 Å². The van der Waals surface area contributed by atoms with Gasteiger partial charge in [0.2, 0.25) is 0 Å². The Morgan fingerprint density at radius 2 is 1.89 bits per heavy atom. The summed E-state index contributed by atoms with van der Waals surface area (Å²) in [5.41, 5.74) is 2.18. The van der Waals surface area contributed by atoms with Crippen LogP contribution >= 0.6 is 15.9 Å². The Morgan fingerprint density at radius 3 is 2.39 bits per heavy atom. The number of benzene rings is 1. The Hall–Kier alpha value is -0.580. The van der Waals surface area contributed by atoms with Gasteiger partial charge in [0.15, 0.2) is 0 Å². The van der Waals surface area contributed by atoms with Crippen LogP contribution in [0.25, 0.3) is 0 Å². The van der Waals surface area contributed by atoms with Gasteiger partial charge in [-0.25, -0.2) is 0 Å². The summed E-state index contributed by atoms with van der Waals surface area (Å²) < 4.78 is 1.08. The normalized spacial score (nSPS) is 17.5. The lowest BCUT2D eigenvalue weighted by Gasteiger charge is -2.38. The second-order valence-electron chi connectivity index (χ2n) is 5.06. The fourth-order valence-corrected chi connectivity index (χ4v) is 3.06. The van der Waals surface area contributed by atoms with E-state index in [0.29, 0.717) is 6.04 Å². The summed E-state index contributed by atoms with van der Waals surface area (Å²) in [6.07, 6.45) is 0. The largest absolute Gasteiger partial charge is 0.392 e. The fraction of sp³-hybridized carbons (Fsp3) is 0.571. The zero-order valence-corrected chi connectivity index (χ0v) is 12.7. The van der Waals surface area contributed by atoms with Crippen LogP contribution in [-0.4, -0.2) is 42.2 Å². The molecule has 0 unspecified atom stereocenters. The van der Waals surface area contributed by atoms with Gasteiger partial charge in [-0.05, 0) is 47.5 Å². The molecule has 1 aromatic carbocycles. The molecule has 0 aliphatic carbocycles. The summed E-state index contributed by atoms with van der Waals surface area (Å²) in [5.74, 6) is 0. The molecule has 1 saturated heterocycles. The van der Waals surface area contributed by atoms with Gasteiger partial charge in [0.1, 0.15) is 0 Å². The Morgan fingerprint density at radius 1 is 1.22 bits per heavy atom. The van der Waals surface area contributed by atoms with Crippen molar-refractivity contribution in [2.24, 2.45) is 0 Å². The van der Waals surface area contributed by atoms with E-state index in [9.17, 15) is 0 Å². The molecule has 1 fully saturated rings. The van der Waals surface area contributed by atoms with E-state index in [1.807, 2.05) is 12.1 Å². The van der Waals surface area contributed by atoms with Crippen LogP contribution < -0.4 is 4.90 Å². The molecule has 0 radical (unpaired) electrons. The van der Waals surface area contributed by atoms with Crippen LogP contribution in [0.3, 0.4) is 0 Å². The van der Waals surface area contributed by atoms with Gasteiger partial charge < -0.3 is 10.0 Å². The number of anilines is 1. The first-order valence-electron chi connectivity index (χ1n) is 6.50. The molecule has 0 bridgehead atoms. The van der Waals surface area contributed by atoms with Crippen molar-refractivity contribution in [1.29, 1.82) is 0 Å². The summed E-state index contributed by atoms with van der Waals surface area (Å²) >= 11 is 3.60. The molecular weight excluding hydrogens is 292 g/mol. The number of aliphatic hydroxyl groups is 1. The Bertz CT molecular complexity index is 401. The summed E-state index contributed by atoms with van der Waals surface area (Å²) in [5, 5.41) is 9.12. The van der Waals surface area contributed by atoms with Gasteiger partial charge >= 0.3 is 0 Å². The van der Waals surface area contributed by atoms with Crippen LogP contribution in [-0.2, 0) is 6.61 Å². The fourth-order valence-electron chi connectivity index (χ4n) is 2.38. The zero-order chi connectivity index (χ0) is 13.1. The van der Waals surface area contributed by atoms with E-state index in [0.717, 1.165) is 36.2 Å². The first-order chi connectivity index (χ1) is 8.61. The molecule has 100 valence electrons. The van der Waals surface area contributed by atoms with E-state index in [1.165, 1.54) is 5.69 Å². The second-order valence-corrected chi connectivity index (χ2v) is 5.91. The minimum Gasteiger partial charge on any atom is -0.392 e. The molecule has 1 aromatic rings. The molecule has 0 aromatic heterocycles. The van der Waals surface area contributed by atoms with E-state index >= 15 is 0 Å². The summed E-state index contributed by atoms with van der Waals surface area (Å²) in [6, 6.07) is 6.73. The van der Waals surface area contributed by atoms with E-state index in [4.69, 9.17) is 5.11 Å².